The molecule has 0 aliphatic carbocycles. The number of nitrogens with zero attached hydrogens (tertiary/aromatic N) is 1. The van der Waals surface area contributed by atoms with Gasteiger partial charge in [0, 0.05) is 19.6 Å². The van der Waals surface area contributed by atoms with Crippen molar-refractivity contribution in [3.63, 3.8) is 0 Å². The fourth-order valence-corrected chi connectivity index (χ4v) is 2.78. The molecule has 0 spiro atoms. The van der Waals surface area contributed by atoms with Crippen LogP contribution in [0.2, 0.25) is 0 Å². The van der Waals surface area contributed by atoms with Crippen molar-refractivity contribution >= 4 is 0 Å². The molecule has 1 unspecified atom stereocenters. The molecular weight excluding hydrogens is 266 g/mol. The Morgan fingerprint density at radius 3 is 2.57 bits per heavy atom. The van der Waals surface area contributed by atoms with E-state index in [1.165, 1.54) is 0 Å². The lowest BCUT2D eigenvalue weighted by Crippen LogP contribution is -2.45. The van der Waals surface area contributed by atoms with Crippen LogP contribution in [0.15, 0.2) is 43.0 Å². The van der Waals surface area contributed by atoms with Crippen molar-refractivity contribution in [1.82, 2.24) is 4.90 Å². The summed E-state index contributed by atoms with van der Waals surface area (Å²) in [6.07, 6.45) is 2.56. The van der Waals surface area contributed by atoms with E-state index in [1.807, 2.05) is 30.3 Å². The van der Waals surface area contributed by atoms with E-state index < -0.39 is 11.7 Å². The highest BCUT2D eigenvalue weighted by atomic mass is 16.5. The lowest BCUT2D eigenvalue weighted by molar-refractivity contribution is -0.0416. The van der Waals surface area contributed by atoms with Gasteiger partial charge in [0.2, 0.25) is 0 Å². The summed E-state index contributed by atoms with van der Waals surface area (Å²) in [6.45, 7) is 6.51. The van der Waals surface area contributed by atoms with Gasteiger partial charge in [0.1, 0.15) is 0 Å². The average molecular weight is 291 g/mol. The Balaban J connectivity index is 1.79. The molecule has 4 heteroatoms. The van der Waals surface area contributed by atoms with E-state index in [0.717, 1.165) is 18.7 Å². The maximum atomic E-state index is 10.7. The zero-order valence-electron chi connectivity index (χ0n) is 12.4. The molecule has 0 aromatic heterocycles. The van der Waals surface area contributed by atoms with E-state index >= 15 is 0 Å². The minimum absolute atomic E-state index is 0.325. The summed E-state index contributed by atoms with van der Waals surface area (Å²) in [5.74, 6) is 0. The average Bonchev–Trinajstić information content (AvgIpc) is 2.51. The van der Waals surface area contributed by atoms with Crippen molar-refractivity contribution in [2.75, 3.05) is 32.8 Å². The molecule has 1 aliphatic heterocycles. The molecule has 116 valence electrons. The van der Waals surface area contributed by atoms with Gasteiger partial charge in [-0.15, -0.1) is 6.58 Å². The number of piperidine rings is 1. The maximum Gasteiger partial charge on any atom is 0.0920 e. The van der Waals surface area contributed by atoms with E-state index in [-0.39, 0.29) is 0 Å². The Morgan fingerprint density at radius 2 is 1.95 bits per heavy atom. The molecule has 2 N–H and O–H groups in total. The zero-order valence-corrected chi connectivity index (χ0v) is 12.4. The maximum absolute atomic E-state index is 10.7. The Labute approximate surface area is 126 Å². The van der Waals surface area contributed by atoms with Crippen molar-refractivity contribution < 1.29 is 14.9 Å². The van der Waals surface area contributed by atoms with Crippen LogP contribution >= 0.6 is 0 Å². The van der Waals surface area contributed by atoms with Gasteiger partial charge < -0.3 is 19.8 Å². The Bertz CT molecular complexity index is 427. The van der Waals surface area contributed by atoms with Crippen LogP contribution in [0.5, 0.6) is 0 Å². The first-order valence-corrected chi connectivity index (χ1v) is 7.51. The van der Waals surface area contributed by atoms with Crippen LogP contribution in [0.3, 0.4) is 0 Å². The van der Waals surface area contributed by atoms with Crippen LogP contribution in [-0.2, 0) is 10.3 Å². The van der Waals surface area contributed by atoms with E-state index in [2.05, 4.69) is 11.5 Å². The molecule has 1 aromatic carbocycles. The van der Waals surface area contributed by atoms with E-state index in [0.29, 0.717) is 32.6 Å². The van der Waals surface area contributed by atoms with Crippen molar-refractivity contribution in [2.45, 2.75) is 24.5 Å². The summed E-state index contributed by atoms with van der Waals surface area (Å²) in [5, 5.41) is 20.7. The number of aliphatic hydroxyl groups excluding tert-OH is 1. The first-order valence-electron chi connectivity index (χ1n) is 7.51. The molecule has 2 rings (SSSR count). The molecule has 0 radical (unpaired) electrons. The minimum atomic E-state index is -0.734. The van der Waals surface area contributed by atoms with Crippen molar-refractivity contribution in [3.8, 4) is 0 Å². The van der Waals surface area contributed by atoms with Crippen molar-refractivity contribution in [1.29, 1.82) is 0 Å². The zero-order chi connectivity index (χ0) is 15.1. The molecule has 1 aromatic rings. The molecule has 1 atom stereocenters. The predicted octanol–water partition coefficient (Wildman–Crippen LogP) is 1.53. The second-order valence-corrected chi connectivity index (χ2v) is 5.68. The highest BCUT2D eigenvalue weighted by Crippen LogP contribution is 2.32. The third kappa shape index (κ3) is 4.64. The first kappa shape index (κ1) is 16.2. The molecule has 1 heterocycles. The Kier molecular flexibility index (Phi) is 5.94. The van der Waals surface area contributed by atoms with E-state index in [4.69, 9.17) is 4.74 Å². The van der Waals surface area contributed by atoms with Crippen molar-refractivity contribution in [2.24, 2.45) is 0 Å². The quantitative estimate of drug-likeness (QED) is 0.591. The van der Waals surface area contributed by atoms with E-state index in [9.17, 15) is 10.2 Å². The van der Waals surface area contributed by atoms with Crippen LogP contribution in [0.1, 0.15) is 18.4 Å². The summed E-state index contributed by atoms with van der Waals surface area (Å²) in [7, 11) is 0. The fourth-order valence-electron chi connectivity index (χ4n) is 2.78. The van der Waals surface area contributed by atoms with Crippen LogP contribution in [0.4, 0.5) is 0 Å². The van der Waals surface area contributed by atoms with Crippen LogP contribution < -0.4 is 0 Å². The normalized spacial score (nSPS) is 20.1. The van der Waals surface area contributed by atoms with Crippen molar-refractivity contribution in [3.05, 3.63) is 48.6 Å². The van der Waals surface area contributed by atoms with Crippen LogP contribution in [0.25, 0.3) is 0 Å². The highest BCUT2D eigenvalue weighted by Gasteiger charge is 2.34. The van der Waals surface area contributed by atoms with Gasteiger partial charge in [0.05, 0.1) is 24.9 Å². The lowest BCUT2D eigenvalue weighted by atomic mass is 9.84. The van der Waals surface area contributed by atoms with Gasteiger partial charge in [-0.3, -0.25) is 0 Å². The summed E-state index contributed by atoms with van der Waals surface area (Å²) in [6, 6.07) is 9.84. The summed E-state index contributed by atoms with van der Waals surface area (Å²) >= 11 is 0. The molecule has 0 saturated carbocycles. The van der Waals surface area contributed by atoms with Gasteiger partial charge in [-0.1, -0.05) is 36.4 Å². The number of hydrogen-bond acceptors (Lipinski definition) is 4. The monoisotopic (exact) mass is 291 g/mol. The molecule has 1 saturated heterocycles. The smallest absolute Gasteiger partial charge is 0.0920 e. The van der Waals surface area contributed by atoms with Crippen LogP contribution in [0, 0.1) is 0 Å². The number of hydrogen-bond donors (Lipinski definition) is 2. The van der Waals surface area contributed by atoms with Gasteiger partial charge in [0.15, 0.2) is 0 Å². The topological polar surface area (TPSA) is 52.9 Å². The summed E-state index contributed by atoms with van der Waals surface area (Å²) < 4.78 is 5.25. The van der Waals surface area contributed by atoms with Gasteiger partial charge in [-0.25, -0.2) is 0 Å². The second kappa shape index (κ2) is 7.71. The van der Waals surface area contributed by atoms with E-state index in [1.54, 1.807) is 6.08 Å². The number of benzene rings is 1. The fraction of sp³-hybridized carbons (Fsp3) is 0.529. The predicted molar refractivity (Wildman–Crippen MR) is 83.0 cm³/mol. The summed E-state index contributed by atoms with van der Waals surface area (Å²) in [4.78, 5) is 2.18. The second-order valence-electron chi connectivity index (χ2n) is 5.68. The van der Waals surface area contributed by atoms with Gasteiger partial charge in [0.25, 0.3) is 0 Å². The standard InChI is InChI=1S/C17H25NO3/c1-2-12-21-14-16(19)13-18-10-8-17(20,9-11-18)15-6-4-3-5-7-15/h2-7,16,19-20H,1,8-14H2. The van der Waals surface area contributed by atoms with Gasteiger partial charge in [-0.05, 0) is 18.4 Å². The highest BCUT2D eigenvalue weighted by molar-refractivity contribution is 5.22. The third-order valence-corrected chi connectivity index (χ3v) is 4.01. The number of likely N-dealkylation sites (tertiary alicyclic amines) is 1. The molecule has 0 amide bonds. The molecule has 0 bridgehead atoms. The van der Waals surface area contributed by atoms with Crippen LogP contribution in [-0.4, -0.2) is 54.1 Å². The number of β-amino-alcohol motifs (C(OH)–C–C–N with tert-alkyl or cyclic N) is 1. The largest absolute Gasteiger partial charge is 0.389 e. The number of ether oxygens (including phenoxy) is 1. The van der Waals surface area contributed by atoms with Gasteiger partial charge in [-0.2, -0.15) is 0 Å². The van der Waals surface area contributed by atoms with Gasteiger partial charge >= 0.3 is 0 Å². The molecule has 1 fully saturated rings. The molecular formula is C17H25NO3. The number of rotatable bonds is 7. The lowest BCUT2D eigenvalue weighted by Gasteiger charge is -2.39. The minimum Gasteiger partial charge on any atom is -0.389 e. The molecule has 21 heavy (non-hydrogen) atoms. The first-order chi connectivity index (χ1) is 10.1. The Hall–Kier alpha value is -1.20. The molecule has 1 aliphatic rings. The SMILES string of the molecule is C=CCOCC(O)CN1CCC(O)(c2ccccc2)CC1. The number of aliphatic hydroxyl groups is 2. The Morgan fingerprint density at radius 1 is 1.29 bits per heavy atom. The molecule has 4 nitrogen and oxygen atoms in total. The third-order valence-electron chi connectivity index (χ3n) is 4.01. The summed E-state index contributed by atoms with van der Waals surface area (Å²) in [5.41, 5.74) is 0.252.